The number of rotatable bonds is 0. The van der Waals surface area contributed by atoms with Gasteiger partial charge in [0.05, 0.1) is 0 Å². The van der Waals surface area contributed by atoms with E-state index in [0.717, 1.165) is 5.92 Å². The second-order valence-corrected chi connectivity index (χ2v) is 2.42. The Morgan fingerprint density at radius 1 is 1.43 bits per heavy atom. The van der Waals surface area contributed by atoms with Gasteiger partial charge in [-0.2, -0.15) is 0 Å². The summed E-state index contributed by atoms with van der Waals surface area (Å²) >= 11 is 0. The van der Waals surface area contributed by atoms with E-state index in [1.165, 1.54) is 19.3 Å². The molecule has 2 rings (SSSR count). The van der Waals surface area contributed by atoms with Gasteiger partial charge in [-0.1, -0.05) is 4.85 Å². The molecular weight excluding hydrogens is 86.1 g/mol. The molecule has 0 aromatic carbocycles. The molecule has 7 heavy (non-hydrogen) atoms. The molecule has 1 fully saturated rings. The van der Waals surface area contributed by atoms with Crippen LogP contribution in [-0.2, 0) is 0 Å². The van der Waals surface area contributed by atoms with Crippen LogP contribution in [0.4, 0.5) is 0 Å². The monoisotopic (exact) mass is 94.1 g/mol. The highest BCUT2D eigenvalue weighted by atomic mass is 14.8. The summed E-state index contributed by atoms with van der Waals surface area (Å²) in [6, 6.07) is 3.77. The topological polar surface area (TPSA) is 4.36 Å². The third-order valence-electron chi connectivity index (χ3n) is 1.84. The summed E-state index contributed by atoms with van der Waals surface area (Å²) in [7, 11) is 0. The molecule has 0 aromatic rings. The second kappa shape index (κ2) is 1.01. The molecule has 1 heterocycles. The van der Waals surface area contributed by atoms with E-state index >= 15 is 0 Å². The molecule has 0 saturated heterocycles. The van der Waals surface area contributed by atoms with Crippen molar-refractivity contribution in [3.63, 3.8) is 0 Å². The molecule has 1 nitrogen and oxygen atoms in total. The smallest absolute Gasteiger partial charge is 0.0801 e. The lowest BCUT2D eigenvalue weighted by atomic mass is 10.1. The predicted octanol–water partition coefficient (Wildman–Crippen LogP) is 1.50. The summed E-state index contributed by atoms with van der Waals surface area (Å²) in [4.78, 5) is 4.15. The molecule has 0 amide bonds. The number of hydrogen-bond acceptors (Lipinski definition) is 0. The molecular formula is C6H8N+. The first kappa shape index (κ1) is 3.49. The molecule has 1 aliphatic heterocycles. The minimum atomic E-state index is 0.685. The van der Waals surface area contributed by atoms with Crippen molar-refractivity contribution in [1.82, 2.24) is 0 Å². The summed E-state index contributed by atoms with van der Waals surface area (Å²) in [5, 5.41) is 0. The zero-order valence-electron chi connectivity index (χ0n) is 4.22. The Bertz CT molecular complexity index is 126. The number of fused-ring (bicyclic) bond motifs is 2. The maximum atomic E-state index is 4.15. The van der Waals surface area contributed by atoms with Gasteiger partial charge in [0.2, 0.25) is 0 Å². The molecule has 1 heteroatoms. The normalized spacial score (nSPS) is 43.4. The molecule has 1 aliphatic carbocycles. The maximum absolute atomic E-state index is 4.15. The third kappa shape index (κ3) is 0.367. The lowest BCUT2D eigenvalue weighted by molar-refractivity contribution is 0.721. The van der Waals surface area contributed by atoms with E-state index in [0.29, 0.717) is 6.04 Å². The van der Waals surface area contributed by atoms with Crippen molar-refractivity contribution in [2.24, 2.45) is 5.92 Å². The first-order valence-electron chi connectivity index (χ1n) is 2.90. The van der Waals surface area contributed by atoms with Crippen LogP contribution in [0.5, 0.6) is 0 Å². The average Bonchev–Trinajstić information content (AvgIpc) is 2.22. The third-order valence-corrected chi connectivity index (χ3v) is 1.84. The summed E-state index contributed by atoms with van der Waals surface area (Å²) in [5.41, 5.74) is 0. The van der Waals surface area contributed by atoms with Gasteiger partial charge in [0.25, 0.3) is 12.1 Å². The molecule has 0 radical (unpaired) electrons. The van der Waals surface area contributed by atoms with Crippen molar-refractivity contribution in [2.75, 3.05) is 0 Å². The van der Waals surface area contributed by atoms with E-state index < -0.39 is 0 Å². The van der Waals surface area contributed by atoms with Gasteiger partial charge >= 0.3 is 0 Å². The average molecular weight is 94.1 g/mol. The second-order valence-electron chi connectivity index (χ2n) is 2.42. The minimum absolute atomic E-state index is 0.685. The van der Waals surface area contributed by atoms with Gasteiger partial charge in [-0.15, -0.1) is 0 Å². The molecule has 0 N–H and O–H groups in total. The van der Waals surface area contributed by atoms with Gasteiger partial charge in [0.15, 0.2) is 0 Å². The first-order valence-corrected chi connectivity index (χ1v) is 2.90. The Balaban J connectivity index is 2.33. The highest BCUT2D eigenvalue weighted by Gasteiger charge is 2.38. The molecule has 36 valence electrons. The lowest BCUT2D eigenvalue weighted by Crippen LogP contribution is -1.87. The number of hydrogen-bond donors (Lipinski definition) is 0. The van der Waals surface area contributed by atoms with Crippen LogP contribution >= 0.6 is 0 Å². The van der Waals surface area contributed by atoms with Gasteiger partial charge in [-0.3, -0.25) is 0 Å². The fraction of sp³-hybridized carbons (Fsp3) is 0.833. The summed E-state index contributed by atoms with van der Waals surface area (Å²) in [5.74, 6) is 0.755. The van der Waals surface area contributed by atoms with Gasteiger partial charge in [0, 0.05) is 12.8 Å². The molecule has 2 unspecified atom stereocenters. The fourth-order valence-corrected chi connectivity index (χ4v) is 1.40. The van der Waals surface area contributed by atoms with E-state index in [4.69, 9.17) is 0 Å². The summed E-state index contributed by atoms with van der Waals surface area (Å²) in [6.07, 6.45) is 3.99. The van der Waals surface area contributed by atoms with Crippen LogP contribution in [0.1, 0.15) is 19.3 Å². The zero-order chi connectivity index (χ0) is 4.69. The highest BCUT2D eigenvalue weighted by molar-refractivity contribution is 5.11. The Labute approximate surface area is 43.2 Å². The fourth-order valence-electron chi connectivity index (χ4n) is 1.40. The Morgan fingerprint density at radius 2 is 2.43 bits per heavy atom. The zero-order valence-corrected chi connectivity index (χ0v) is 4.22. The van der Waals surface area contributed by atoms with E-state index in [1.54, 1.807) is 0 Å². The predicted molar refractivity (Wildman–Crippen MR) is 28.4 cm³/mol. The van der Waals surface area contributed by atoms with Crippen molar-refractivity contribution in [3.05, 3.63) is 4.85 Å². The minimum Gasteiger partial charge on any atom is -0.0801 e. The quantitative estimate of drug-likeness (QED) is 0.428. The van der Waals surface area contributed by atoms with Gasteiger partial charge < -0.3 is 0 Å². The van der Waals surface area contributed by atoms with Crippen LogP contribution in [0.25, 0.3) is 4.85 Å². The van der Waals surface area contributed by atoms with Crippen molar-refractivity contribution < 1.29 is 0 Å². The maximum Gasteiger partial charge on any atom is 0.277 e. The Hall–Kier alpha value is -0.510. The van der Waals surface area contributed by atoms with Gasteiger partial charge in [0.1, 0.15) is 5.92 Å². The number of nitrogens with zero attached hydrogens (tertiary/aromatic N) is 1. The molecule has 0 spiro atoms. The molecule has 0 aromatic heterocycles. The van der Waals surface area contributed by atoms with Crippen LogP contribution in [0.15, 0.2) is 0 Å². The van der Waals surface area contributed by atoms with Crippen molar-refractivity contribution in [1.29, 1.82) is 0 Å². The van der Waals surface area contributed by atoms with Crippen LogP contribution in [-0.4, -0.2) is 6.04 Å². The lowest BCUT2D eigenvalue weighted by Gasteiger charge is -1.81. The van der Waals surface area contributed by atoms with E-state index in [9.17, 15) is 0 Å². The Morgan fingerprint density at radius 3 is 2.57 bits per heavy atom. The molecule has 1 saturated carbocycles. The van der Waals surface area contributed by atoms with Crippen LogP contribution in [0, 0.1) is 12.0 Å². The van der Waals surface area contributed by atoms with Gasteiger partial charge in [-0.05, 0) is 6.42 Å². The molecule has 2 atom stereocenters. The van der Waals surface area contributed by atoms with Gasteiger partial charge in [-0.25, -0.2) is 0 Å². The van der Waals surface area contributed by atoms with Crippen LogP contribution < -0.4 is 0 Å². The van der Waals surface area contributed by atoms with Crippen molar-refractivity contribution >= 4 is 0 Å². The Kier molecular flexibility index (Phi) is 0.501. The highest BCUT2D eigenvalue weighted by Crippen LogP contribution is 2.32. The summed E-state index contributed by atoms with van der Waals surface area (Å²) < 4.78 is 0. The molecule has 2 aliphatic rings. The van der Waals surface area contributed by atoms with E-state index in [-0.39, 0.29) is 0 Å². The van der Waals surface area contributed by atoms with Crippen LogP contribution in [0.3, 0.4) is 0 Å². The van der Waals surface area contributed by atoms with Crippen LogP contribution in [0.2, 0.25) is 0 Å². The van der Waals surface area contributed by atoms with E-state index in [2.05, 4.69) is 10.9 Å². The van der Waals surface area contributed by atoms with E-state index in [1.807, 2.05) is 0 Å². The van der Waals surface area contributed by atoms with Crippen molar-refractivity contribution in [3.8, 4) is 6.07 Å². The molecule has 2 bridgehead atoms. The summed E-state index contributed by atoms with van der Waals surface area (Å²) in [6.45, 7) is 0. The van der Waals surface area contributed by atoms with Crippen molar-refractivity contribution in [2.45, 2.75) is 25.3 Å². The SMILES string of the molecule is C1#[N+]C2CCC1C2. The standard InChI is InChI=1S/C6H8N/c1-2-6-3-5(1)4-7-6/h5-6H,1-3H2/q+1. The largest absolute Gasteiger partial charge is 0.277 e. The first-order chi connectivity index (χ1) is 3.45.